The van der Waals surface area contributed by atoms with Crippen LogP contribution in [-0.2, 0) is 4.79 Å². The molecule has 1 heterocycles. The maximum atomic E-state index is 14.7. The number of aliphatic carboxylic acids is 1. The highest BCUT2D eigenvalue weighted by Crippen LogP contribution is 2.39. The molecule has 0 aliphatic rings. The van der Waals surface area contributed by atoms with Gasteiger partial charge in [-0.3, -0.25) is 14.6 Å². The van der Waals surface area contributed by atoms with E-state index in [9.17, 15) is 19.1 Å². The highest BCUT2D eigenvalue weighted by Gasteiger charge is 2.28. The fraction of sp³-hybridized carbons (Fsp3) is 0.370. The van der Waals surface area contributed by atoms with E-state index < -0.39 is 23.5 Å². The van der Waals surface area contributed by atoms with E-state index in [1.54, 1.807) is 12.1 Å². The summed E-state index contributed by atoms with van der Waals surface area (Å²) in [7, 11) is 2.92. The summed E-state index contributed by atoms with van der Waals surface area (Å²) in [5.74, 6) is -2.06. The molecule has 0 fully saturated rings. The number of ketones is 1. The van der Waals surface area contributed by atoms with Gasteiger partial charge in [-0.1, -0.05) is 13.8 Å². The molecule has 1 N–H and O–H groups in total. The largest absolute Gasteiger partial charge is 0.493 e. The number of halogens is 1. The minimum absolute atomic E-state index is 0.0287. The number of carboxylic acids is 1. The van der Waals surface area contributed by atoms with Crippen molar-refractivity contribution in [2.75, 3.05) is 14.2 Å². The normalized spacial score (nSPS) is 12.1. The summed E-state index contributed by atoms with van der Waals surface area (Å²) in [6, 6.07) is 7.18. The molecule has 0 radical (unpaired) electrons. The fourth-order valence-electron chi connectivity index (χ4n) is 4.03. The van der Waals surface area contributed by atoms with E-state index >= 15 is 0 Å². The van der Waals surface area contributed by atoms with Crippen LogP contribution in [0.3, 0.4) is 0 Å². The summed E-state index contributed by atoms with van der Waals surface area (Å²) < 4.78 is 31.2. The first-order valence-electron chi connectivity index (χ1n) is 11.4. The van der Waals surface area contributed by atoms with Crippen molar-refractivity contribution >= 4 is 22.5 Å². The molecule has 0 bridgehead atoms. The third kappa shape index (κ3) is 5.53. The van der Waals surface area contributed by atoms with Gasteiger partial charge < -0.3 is 19.3 Å². The smallest absolute Gasteiger partial charge is 0.311 e. The van der Waals surface area contributed by atoms with Gasteiger partial charge in [-0.05, 0) is 67.5 Å². The molecule has 0 aliphatic heterocycles. The molecule has 0 saturated heterocycles. The van der Waals surface area contributed by atoms with Crippen LogP contribution in [0, 0.1) is 11.7 Å². The lowest BCUT2D eigenvalue weighted by Gasteiger charge is -2.19. The van der Waals surface area contributed by atoms with E-state index in [-0.39, 0.29) is 23.3 Å². The van der Waals surface area contributed by atoms with Crippen LogP contribution in [0.25, 0.3) is 10.8 Å². The molecule has 0 amide bonds. The first kappa shape index (κ1) is 25.9. The number of ether oxygens (including phenoxy) is 3. The maximum absolute atomic E-state index is 14.7. The van der Waals surface area contributed by atoms with E-state index in [1.165, 1.54) is 38.6 Å². The van der Waals surface area contributed by atoms with Crippen molar-refractivity contribution in [3.8, 4) is 17.2 Å². The van der Waals surface area contributed by atoms with Crippen molar-refractivity contribution in [1.29, 1.82) is 0 Å². The zero-order chi connectivity index (χ0) is 25.9. The van der Waals surface area contributed by atoms with Crippen LogP contribution < -0.4 is 14.2 Å². The Morgan fingerprint density at radius 1 is 1.00 bits per heavy atom. The van der Waals surface area contributed by atoms with Crippen LogP contribution in [-0.4, -0.2) is 42.2 Å². The van der Waals surface area contributed by atoms with Crippen LogP contribution in [0.5, 0.6) is 17.2 Å². The Bertz CT molecular complexity index is 1250. The number of hydrogen-bond acceptors (Lipinski definition) is 6. The quantitative estimate of drug-likeness (QED) is 0.374. The fourth-order valence-corrected chi connectivity index (χ4v) is 4.03. The van der Waals surface area contributed by atoms with Crippen LogP contribution >= 0.6 is 0 Å². The Morgan fingerprint density at radius 2 is 1.63 bits per heavy atom. The minimum atomic E-state index is -1.000. The van der Waals surface area contributed by atoms with E-state index in [0.29, 0.717) is 40.0 Å². The molecule has 1 atom stereocenters. The van der Waals surface area contributed by atoms with Crippen molar-refractivity contribution < 1.29 is 33.3 Å². The highest BCUT2D eigenvalue weighted by molar-refractivity contribution is 6.16. The summed E-state index contributed by atoms with van der Waals surface area (Å²) in [4.78, 5) is 30.0. The van der Waals surface area contributed by atoms with E-state index in [4.69, 9.17) is 14.2 Å². The van der Waals surface area contributed by atoms with Gasteiger partial charge in [0.05, 0.1) is 31.8 Å². The van der Waals surface area contributed by atoms with Gasteiger partial charge in [0.2, 0.25) is 5.78 Å². The summed E-state index contributed by atoms with van der Waals surface area (Å²) in [6.07, 6.45) is 1.60. The number of aromatic nitrogens is 1. The van der Waals surface area contributed by atoms with Crippen molar-refractivity contribution in [1.82, 2.24) is 4.98 Å². The lowest BCUT2D eigenvalue weighted by Crippen LogP contribution is -2.16. The third-order valence-corrected chi connectivity index (χ3v) is 5.57. The predicted octanol–water partition coefficient (Wildman–Crippen LogP) is 5.62. The molecule has 0 spiro atoms. The summed E-state index contributed by atoms with van der Waals surface area (Å²) in [5.41, 5.74) is 0.214. The molecular weight excluding hydrogens is 453 g/mol. The number of carboxylic acid groups (broad SMARTS) is 1. The van der Waals surface area contributed by atoms with Gasteiger partial charge in [-0.25, -0.2) is 4.39 Å². The second kappa shape index (κ2) is 10.7. The number of hydrogen-bond donors (Lipinski definition) is 1. The number of methoxy groups -OCH3 is 2. The van der Waals surface area contributed by atoms with Gasteiger partial charge in [0.25, 0.3) is 0 Å². The number of carbonyl (C=O) groups is 2. The standard InChI is InChI=1S/C27H30FNO6/c1-14(2)9-19(27(31)32)21-13-29-25(18-12-24(34-6)23(33-5)11-17(18)21)26(30)20-10-16(35-15(3)4)7-8-22(20)28/h7-8,10-15,19H,9H2,1-6H3,(H,31,32). The predicted molar refractivity (Wildman–Crippen MR) is 130 cm³/mol. The Balaban J connectivity index is 2.28. The average Bonchev–Trinajstić information content (AvgIpc) is 2.81. The molecule has 0 aliphatic carbocycles. The Hall–Kier alpha value is -3.68. The topological polar surface area (TPSA) is 95.0 Å². The molecule has 2 aromatic carbocycles. The molecule has 35 heavy (non-hydrogen) atoms. The number of benzene rings is 2. The average molecular weight is 484 g/mol. The molecule has 7 nitrogen and oxygen atoms in total. The van der Waals surface area contributed by atoms with Crippen LogP contribution in [0.15, 0.2) is 36.5 Å². The molecule has 3 rings (SSSR count). The summed E-state index contributed by atoms with van der Waals surface area (Å²) in [6.45, 7) is 7.52. The lowest BCUT2D eigenvalue weighted by molar-refractivity contribution is -0.139. The number of carbonyl (C=O) groups excluding carboxylic acids is 1. The molecule has 8 heteroatoms. The van der Waals surface area contributed by atoms with Gasteiger partial charge in [0.15, 0.2) is 11.5 Å². The Kier molecular flexibility index (Phi) is 7.94. The maximum Gasteiger partial charge on any atom is 0.311 e. The second-order valence-electron chi connectivity index (χ2n) is 8.97. The number of pyridine rings is 1. The monoisotopic (exact) mass is 483 g/mol. The van der Waals surface area contributed by atoms with E-state index in [0.717, 1.165) is 0 Å². The van der Waals surface area contributed by atoms with Gasteiger partial charge in [-0.2, -0.15) is 0 Å². The van der Waals surface area contributed by atoms with Crippen molar-refractivity contribution in [2.45, 2.75) is 46.1 Å². The zero-order valence-corrected chi connectivity index (χ0v) is 20.7. The van der Waals surface area contributed by atoms with Crippen LogP contribution in [0.1, 0.15) is 61.6 Å². The van der Waals surface area contributed by atoms with Crippen molar-refractivity contribution in [3.63, 3.8) is 0 Å². The molecule has 3 aromatic rings. The third-order valence-electron chi connectivity index (χ3n) is 5.57. The SMILES string of the molecule is COc1cc2c(C(CC(C)C)C(=O)O)cnc(C(=O)c3cc(OC(C)C)ccc3F)c2cc1OC. The van der Waals surface area contributed by atoms with Crippen LogP contribution in [0.2, 0.25) is 0 Å². The van der Waals surface area contributed by atoms with Gasteiger partial charge in [-0.15, -0.1) is 0 Å². The van der Waals surface area contributed by atoms with Crippen molar-refractivity contribution in [2.24, 2.45) is 5.92 Å². The molecular formula is C27H30FNO6. The first-order chi connectivity index (χ1) is 16.6. The van der Waals surface area contributed by atoms with Gasteiger partial charge in [0.1, 0.15) is 17.3 Å². The molecule has 1 aromatic heterocycles. The van der Waals surface area contributed by atoms with Crippen LogP contribution in [0.4, 0.5) is 4.39 Å². The van der Waals surface area contributed by atoms with Gasteiger partial charge >= 0.3 is 5.97 Å². The summed E-state index contributed by atoms with van der Waals surface area (Å²) >= 11 is 0. The Morgan fingerprint density at radius 3 is 2.17 bits per heavy atom. The summed E-state index contributed by atoms with van der Waals surface area (Å²) in [5, 5.41) is 10.8. The minimum Gasteiger partial charge on any atom is -0.493 e. The molecule has 186 valence electrons. The zero-order valence-electron chi connectivity index (χ0n) is 20.7. The number of fused-ring (bicyclic) bond motifs is 1. The number of rotatable bonds is 10. The van der Waals surface area contributed by atoms with Crippen molar-refractivity contribution in [3.05, 3.63) is 59.2 Å². The highest BCUT2D eigenvalue weighted by atomic mass is 19.1. The molecule has 0 saturated carbocycles. The number of nitrogens with zero attached hydrogens (tertiary/aromatic N) is 1. The second-order valence-corrected chi connectivity index (χ2v) is 8.97. The van der Waals surface area contributed by atoms with Gasteiger partial charge in [0, 0.05) is 11.6 Å². The Labute approximate surface area is 203 Å². The van der Waals surface area contributed by atoms with E-state index in [2.05, 4.69) is 4.98 Å². The first-order valence-corrected chi connectivity index (χ1v) is 11.4. The lowest BCUT2D eigenvalue weighted by atomic mass is 9.87. The van der Waals surface area contributed by atoms with E-state index in [1.807, 2.05) is 27.7 Å². The molecule has 1 unspecified atom stereocenters.